The molecule has 0 saturated heterocycles. The van der Waals surface area contributed by atoms with Crippen LogP contribution < -0.4 is 10.9 Å². The average Bonchev–Trinajstić information content (AvgIpc) is 2.80. The minimum absolute atomic E-state index is 0.106. The van der Waals surface area contributed by atoms with E-state index in [9.17, 15) is 4.79 Å². The Morgan fingerprint density at radius 3 is 3.00 bits per heavy atom. The third-order valence-corrected chi connectivity index (χ3v) is 2.44. The van der Waals surface area contributed by atoms with Crippen molar-refractivity contribution in [2.75, 3.05) is 5.32 Å². The molecule has 0 unspecified atom stereocenters. The van der Waals surface area contributed by atoms with E-state index in [4.69, 9.17) is 0 Å². The molecule has 0 aliphatic rings. The van der Waals surface area contributed by atoms with Gasteiger partial charge in [-0.2, -0.15) is 5.10 Å². The number of aromatic nitrogens is 4. The summed E-state index contributed by atoms with van der Waals surface area (Å²) in [7, 11) is 0. The van der Waals surface area contributed by atoms with E-state index in [0.29, 0.717) is 12.4 Å². The van der Waals surface area contributed by atoms with Crippen molar-refractivity contribution < 1.29 is 0 Å². The molecule has 2 rings (SSSR count). The van der Waals surface area contributed by atoms with Gasteiger partial charge in [0.05, 0.1) is 6.20 Å². The van der Waals surface area contributed by atoms with Crippen molar-refractivity contribution in [2.24, 2.45) is 0 Å². The van der Waals surface area contributed by atoms with Crippen LogP contribution >= 0.6 is 0 Å². The van der Waals surface area contributed by atoms with Gasteiger partial charge in [-0.05, 0) is 13.8 Å². The van der Waals surface area contributed by atoms with Crippen LogP contribution in [-0.4, -0.2) is 19.7 Å². The van der Waals surface area contributed by atoms with Gasteiger partial charge < -0.3 is 9.88 Å². The first-order chi connectivity index (χ1) is 8.18. The summed E-state index contributed by atoms with van der Waals surface area (Å²) in [6.45, 7) is 4.45. The van der Waals surface area contributed by atoms with Crippen molar-refractivity contribution in [1.82, 2.24) is 19.7 Å². The molecular weight excluding hydrogens is 218 g/mol. The fourth-order valence-electron chi connectivity index (χ4n) is 1.51. The van der Waals surface area contributed by atoms with Crippen LogP contribution in [0.4, 0.5) is 5.82 Å². The lowest BCUT2D eigenvalue weighted by Gasteiger charge is -2.11. The number of H-pyrrole nitrogens is 1. The summed E-state index contributed by atoms with van der Waals surface area (Å²) in [4.78, 5) is 16.0. The van der Waals surface area contributed by atoms with Crippen molar-refractivity contribution in [1.29, 1.82) is 0 Å². The van der Waals surface area contributed by atoms with E-state index in [1.165, 1.54) is 0 Å². The molecule has 0 aliphatic carbocycles. The van der Waals surface area contributed by atoms with Crippen molar-refractivity contribution >= 4 is 5.82 Å². The normalized spacial score (nSPS) is 10.8. The van der Waals surface area contributed by atoms with Crippen molar-refractivity contribution in [2.45, 2.75) is 26.4 Å². The SMILES string of the molecule is CC(C)n1ccnc(NCc2cn[nH]c2)c1=O. The van der Waals surface area contributed by atoms with Gasteiger partial charge in [0.1, 0.15) is 0 Å². The van der Waals surface area contributed by atoms with Gasteiger partial charge in [-0.25, -0.2) is 4.98 Å². The third kappa shape index (κ3) is 2.52. The Morgan fingerprint density at radius 1 is 1.53 bits per heavy atom. The molecule has 2 N–H and O–H groups in total. The molecule has 0 radical (unpaired) electrons. The maximum atomic E-state index is 12.0. The lowest BCUT2D eigenvalue weighted by Crippen LogP contribution is -2.25. The van der Waals surface area contributed by atoms with Crippen molar-refractivity contribution in [3.8, 4) is 0 Å². The summed E-state index contributed by atoms with van der Waals surface area (Å²) in [6, 6.07) is 0.125. The van der Waals surface area contributed by atoms with Crippen LogP contribution in [-0.2, 0) is 6.54 Å². The van der Waals surface area contributed by atoms with Crippen LogP contribution in [0, 0.1) is 0 Å². The van der Waals surface area contributed by atoms with Crippen molar-refractivity contribution in [3.05, 3.63) is 40.7 Å². The molecule has 90 valence electrons. The second-order valence-corrected chi connectivity index (χ2v) is 4.04. The maximum Gasteiger partial charge on any atom is 0.293 e. The van der Waals surface area contributed by atoms with Gasteiger partial charge in [0.2, 0.25) is 0 Å². The Kier molecular flexibility index (Phi) is 3.22. The Balaban J connectivity index is 2.16. The highest BCUT2D eigenvalue weighted by atomic mass is 16.1. The van der Waals surface area contributed by atoms with E-state index in [1.807, 2.05) is 13.8 Å². The molecule has 0 amide bonds. The highest BCUT2D eigenvalue weighted by Crippen LogP contribution is 2.03. The number of nitrogens with one attached hydrogen (secondary N) is 2. The number of nitrogens with zero attached hydrogens (tertiary/aromatic N) is 3. The first kappa shape index (κ1) is 11.4. The van der Waals surface area contributed by atoms with Gasteiger partial charge in [-0.3, -0.25) is 9.89 Å². The molecule has 17 heavy (non-hydrogen) atoms. The molecule has 0 saturated carbocycles. The number of rotatable bonds is 4. The summed E-state index contributed by atoms with van der Waals surface area (Å²) in [6.07, 6.45) is 6.79. The van der Waals surface area contributed by atoms with E-state index in [0.717, 1.165) is 5.56 Å². The van der Waals surface area contributed by atoms with Crippen LogP contribution in [0.3, 0.4) is 0 Å². The summed E-state index contributed by atoms with van der Waals surface area (Å²) in [5.74, 6) is 0.363. The first-order valence-electron chi connectivity index (χ1n) is 5.47. The second-order valence-electron chi connectivity index (χ2n) is 4.04. The maximum absolute atomic E-state index is 12.0. The number of hydrogen-bond acceptors (Lipinski definition) is 4. The monoisotopic (exact) mass is 233 g/mol. The van der Waals surface area contributed by atoms with Gasteiger partial charge in [0.25, 0.3) is 5.56 Å². The summed E-state index contributed by atoms with van der Waals surface area (Å²) < 4.78 is 1.64. The fraction of sp³-hybridized carbons (Fsp3) is 0.364. The van der Waals surface area contributed by atoms with Crippen LogP contribution in [0.2, 0.25) is 0 Å². The predicted octanol–water partition coefficient (Wildman–Crippen LogP) is 1.16. The molecule has 0 atom stereocenters. The van der Waals surface area contributed by atoms with E-state index < -0.39 is 0 Å². The molecule has 0 bridgehead atoms. The minimum Gasteiger partial charge on any atom is -0.361 e. The van der Waals surface area contributed by atoms with E-state index in [-0.39, 0.29) is 11.6 Å². The van der Waals surface area contributed by atoms with Gasteiger partial charge in [0, 0.05) is 36.7 Å². The Morgan fingerprint density at radius 2 is 2.35 bits per heavy atom. The third-order valence-electron chi connectivity index (χ3n) is 2.44. The van der Waals surface area contributed by atoms with Gasteiger partial charge in [0.15, 0.2) is 5.82 Å². The van der Waals surface area contributed by atoms with E-state index in [1.54, 1.807) is 29.4 Å². The molecule has 6 heteroatoms. The molecule has 2 aromatic heterocycles. The Hall–Kier alpha value is -2.11. The second kappa shape index (κ2) is 4.82. The van der Waals surface area contributed by atoms with Gasteiger partial charge in [-0.15, -0.1) is 0 Å². The highest BCUT2D eigenvalue weighted by molar-refractivity contribution is 5.32. The molecule has 0 aliphatic heterocycles. The highest BCUT2D eigenvalue weighted by Gasteiger charge is 2.06. The predicted molar refractivity (Wildman–Crippen MR) is 64.8 cm³/mol. The molecule has 2 heterocycles. The topological polar surface area (TPSA) is 75.6 Å². The lowest BCUT2D eigenvalue weighted by atomic mass is 10.3. The molecule has 2 aromatic rings. The molecule has 0 spiro atoms. The number of anilines is 1. The average molecular weight is 233 g/mol. The van der Waals surface area contributed by atoms with Gasteiger partial charge in [-0.1, -0.05) is 0 Å². The summed E-state index contributed by atoms with van der Waals surface area (Å²) >= 11 is 0. The number of hydrogen-bond donors (Lipinski definition) is 2. The quantitative estimate of drug-likeness (QED) is 0.830. The summed E-state index contributed by atoms with van der Waals surface area (Å²) in [5.41, 5.74) is 0.872. The molecule has 0 aromatic carbocycles. The van der Waals surface area contributed by atoms with Crippen LogP contribution in [0.5, 0.6) is 0 Å². The summed E-state index contributed by atoms with van der Waals surface area (Å²) in [5, 5.41) is 9.56. The van der Waals surface area contributed by atoms with E-state index >= 15 is 0 Å². The van der Waals surface area contributed by atoms with Crippen LogP contribution in [0.1, 0.15) is 25.5 Å². The lowest BCUT2D eigenvalue weighted by molar-refractivity contribution is 0.575. The molecule has 0 fully saturated rings. The Bertz CT molecular complexity index is 529. The minimum atomic E-state index is -0.106. The van der Waals surface area contributed by atoms with Gasteiger partial charge >= 0.3 is 0 Å². The smallest absolute Gasteiger partial charge is 0.293 e. The largest absolute Gasteiger partial charge is 0.361 e. The van der Waals surface area contributed by atoms with Crippen LogP contribution in [0.25, 0.3) is 0 Å². The standard InChI is InChI=1S/C11H15N5O/c1-8(2)16-4-3-12-10(11(16)17)13-5-9-6-14-15-7-9/h3-4,6-8H,5H2,1-2H3,(H,12,13)(H,14,15). The zero-order valence-corrected chi connectivity index (χ0v) is 9.84. The zero-order valence-electron chi connectivity index (χ0n) is 9.84. The fourth-order valence-corrected chi connectivity index (χ4v) is 1.51. The Labute approximate surface area is 98.7 Å². The zero-order chi connectivity index (χ0) is 12.3. The molecular formula is C11H15N5O. The van der Waals surface area contributed by atoms with Crippen LogP contribution in [0.15, 0.2) is 29.6 Å². The molecule has 6 nitrogen and oxygen atoms in total. The number of aromatic amines is 1. The van der Waals surface area contributed by atoms with E-state index in [2.05, 4.69) is 20.5 Å². The first-order valence-corrected chi connectivity index (χ1v) is 5.47. The van der Waals surface area contributed by atoms with Crippen molar-refractivity contribution in [3.63, 3.8) is 0 Å².